The van der Waals surface area contributed by atoms with Gasteiger partial charge in [0.15, 0.2) is 0 Å². The van der Waals surface area contributed by atoms with Crippen LogP contribution in [0.25, 0.3) is 10.8 Å². The maximum Gasteiger partial charge on any atom is 0.146 e. The minimum Gasteiger partial charge on any atom is -0.373 e. The Balaban J connectivity index is 1.41. The standard InChI is InChI=1S/C23H25FN2O/c1-17(20-10-6-8-18-7-2-3-9-21(18)20)25-15-19-16-26(13-14-27-19)23-12-5-4-11-22(23)24/h2-12,17,19,25H,13-16H2,1H3. The second-order valence-corrected chi connectivity index (χ2v) is 7.09. The second-order valence-electron chi connectivity index (χ2n) is 7.09. The number of hydrogen-bond donors (Lipinski definition) is 1. The van der Waals surface area contributed by atoms with E-state index in [0.717, 1.165) is 13.1 Å². The van der Waals surface area contributed by atoms with Gasteiger partial charge in [-0.2, -0.15) is 0 Å². The van der Waals surface area contributed by atoms with Gasteiger partial charge in [-0.05, 0) is 35.4 Å². The number of halogens is 1. The Bertz CT molecular complexity index is 908. The van der Waals surface area contributed by atoms with E-state index in [-0.39, 0.29) is 18.0 Å². The minimum absolute atomic E-state index is 0.0378. The van der Waals surface area contributed by atoms with Gasteiger partial charge < -0.3 is 15.0 Å². The lowest BCUT2D eigenvalue weighted by molar-refractivity contribution is 0.0392. The summed E-state index contributed by atoms with van der Waals surface area (Å²) >= 11 is 0. The van der Waals surface area contributed by atoms with Crippen molar-refractivity contribution in [3.05, 3.63) is 78.1 Å². The fraction of sp³-hybridized carbons (Fsp3) is 0.304. The number of benzene rings is 3. The first-order valence-electron chi connectivity index (χ1n) is 9.54. The van der Waals surface area contributed by atoms with Gasteiger partial charge in [0.05, 0.1) is 18.4 Å². The topological polar surface area (TPSA) is 24.5 Å². The number of anilines is 1. The summed E-state index contributed by atoms with van der Waals surface area (Å²) < 4.78 is 20.0. The van der Waals surface area contributed by atoms with Crippen molar-refractivity contribution in [3.8, 4) is 0 Å². The largest absolute Gasteiger partial charge is 0.373 e. The molecule has 2 atom stereocenters. The summed E-state index contributed by atoms with van der Waals surface area (Å²) in [5.41, 5.74) is 1.95. The third-order valence-corrected chi connectivity index (χ3v) is 5.27. The van der Waals surface area contributed by atoms with Crippen LogP contribution in [0.4, 0.5) is 10.1 Å². The van der Waals surface area contributed by atoms with Crippen molar-refractivity contribution in [1.82, 2.24) is 5.32 Å². The molecule has 1 aliphatic rings. The number of hydrogen-bond acceptors (Lipinski definition) is 3. The maximum absolute atomic E-state index is 14.1. The molecule has 1 N–H and O–H groups in total. The molecule has 27 heavy (non-hydrogen) atoms. The first-order chi connectivity index (χ1) is 13.2. The van der Waals surface area contributed by atoms with Gasteiger partial charge in [0.1, 0.15) is 5.82 Å². The quantitative estimate of drug-likeness (QED) is 0.720. The summed E-state index contributed by atoms with van der Waals surface area (Å²) in [6, 6.07) is 22.0. The third kappa shape index (κ3) is 3.97. The van der Waals surface area contributed by atoms with Crippen LogP contribution >= 0.6 is 0 Å². The molecule has 1 heterocycles. The van der Waals surface area contributed by atoms with E-state index in [1.165, 1.54) is 22.4 Å². The van der Waals surface area contributed by atoms with Crippen LogP contribution in [0.5, 0.6) is 0 Å². The number of rotatable bonds is 5. The molecule has 0 aliphatic carbocycles. The molecular formula is C23H25FN2O. The molecule has 1 fully saturated rings. The van der Waals surface area contributed by atoms with Crippen molar-refractivity contribution in [3.63, 3.8) is 0 Å². The SMILES string of the molecule is CC(NCC1CN(c2ccccc2F)CCO1)c1cccc2ccccc12. The van der Waals surface area contributed by atoms with Crippen molar-refractivity contribution in [2.45, 2.75) is 19.1 Å². The van der Waals surface area contributed by atoms with Crippen LogP contribution in [-0.4, -0.2) is 32.3 Å². The van der Waals surface area contributed by atoms with Gasteiger partial charge in [-0.15, -0.1) is 0 Å². The van der Waals surface area contributed by atoms with Gasteiger partial charge >= 0.3 is 0 Å². The van der Waals surface area contributed by atoms with Crippen LogP contribution in [-0.2, 0) is 4.74 Å². The highest BCUT2D eigenvalue weighted by Gasteiger charge is 2.23. The molecule has 0 spiro atoms. The summed E-state index contributed by atoms with van der Waals surface area (Å²) in [5, 5.41) is 6.13. The van der Waals surface area contributed by atoms with Crippen LogP contribution in [0.15, 0.2) is 66.7 Å². The Morgan fingerprint density at radius 1 is 1.07 bits per heavy atom. The number of para-hydroxylation sites is 1. The monoisotopic (exact) mass is 364 g/mol. The molecule has 0 bridgehead atoms. The maximum atomic E-state index is 14.1. The first-order valence-corrected chi connectivity index (χ1v) is 9.54. The molecule has 3 nitrogen and oxygen atoms in total. The van der Waals surface area contributed by atoms with E-state index in [2.05, 4.69) is 59.6 Å². The van der Waals surface area contributed by atoms with Crippen molar-refractivity contribution in [1.29, 1.82) is 0 Å². The summed E-state index contributed by atoms with van der Waals surface area (Å²) in [6.45, 7) is 4.93. The molecule has 0 radical (unpaired) electrons. The van der Waals surface area contributed by atoms with E-state index < -0.39 is 0 Å². The Hall–Kier alpha value is -2.43. The highest BCUT2D eigenvalue weighted by Crippen LogP contribution is 2.25. The zero-order chi connectivity index (χ0) is 18.6. The Morgan fingerprint density at radius 3 is 2.74 bits per heavy atom. The highest BCUT2D eigenvalue weighted by atomic mass is 19.1. The first kappa shape index (κ1) is 18.0. The summed E-state index contributed by atoms with van der Waals surface area (Å²) in [7, 11) is 0. The van der Waals surface area contributed by atoms with Crippen molar-refractivity contribution in [2.24, 2.45) is 0 Å². The molecule has 4 rings (SSSR count). The lowest BCUT2D eigenvalue weighted by atomic mass is 9.99. The molecule has 1 saturated heterocycles. The van der Waals surface area contributed by atoms with Gasteiger partial charge in [0.2, 0.25) is 0 Å². The zero-order valence-electron chi connectivity index (χ0n) is 15.6. The van der Waals surface area contributed by atoms with Crippen LogP contribution in [0.3, 0.4) is 0 Å². The van der Waals surface area contributed by atoms with E-state index in [1.807, 2.05) is 12.1 Å². The molecule has 0 aromatic heterocycles. The molecule has 0 saturated carbocycles. The van der Waals surface area contributed by atoms with Crippen molar-refractivity contribution >= 4 is 16.5 Å². The predicted octanol–water partition coefficient (Wildman–Crippen LogP) is 4.53. The van der Waals surface area contributed by atoms with Gasteiger partial charge in [-0.1, -0.05) is 54.6 Å². The van der Waals surface area contributed by atoms with E-state index >= 15 is 0 Å². The van der Waals surface area contributed by atoms with Crippen molar-refractivity contribution in [2.75, 3.05) is 31.1 Å². The summed E-state index contributed by atoms with van der Waals surface area (Å²) in [4.78, 5) is 2.08. The molecule has 1 aliphatic heterocycles. The molecule has 4 heteroatoms. The normalized spacial score (nSPS) is 18.6. The van der Waals surface area contributed by atoms with Gasteiger partial charge in [0, 0.05) is 25.7 Å². The molecule has 3 aromatic rings. The highest BCUT2D eigenvalue weighted by molar-refractivity contribution is 5.86. The molecule has 3 aromatic carbocycles. The van der Waals surface area contributed by atoms with Crippen LogP contribution in [0, 0.1) is 5.82 Å². The Morgan fingerprint density at radius 2 is 1.85 bits per heavy atom. The average Bonchev–Trinajstić information content (AvgIpc) is 2.72. The Kier molecular flexibility index (Phi) is 5.37. The van der Waals surface area contributed by atoms with Crippen LogP contribution in [0.1, 0.15) is 18.5 Å². The van der Waals surface area contributed by atoms with Gasteiger partial charge in [0.25, 0.3) is 0 Å². The molecule has 140 valence electrons. The molecule has 2 unspecified atom stereocenters. The van der Waals surface area contributed by atoms with E-state index in [1.54, 1.807) is 6.07 Å². The van der Waals surface area contributed by atoms with Crippen LogP contribution in [0.2, 0.25) is 0 Å². The number of ether oxygens (including phenoxy) is 1. The van der Waals surface area contributed by atoms with E-state index in [9.17, 15) is 4.39 Å². The van der Waals surface area contributed by atoms with E-state index in [0.29, 0.717) is 18.8 Å². The smallest absolute Gasteiger partial charge is 0.146 e. The number of nitrogens with zero attached hydrogens (tertiary/aromatic N) is 1. The lowest BCUT2D eigenvalue weighted by Gasteiger charge is -2.35. The van der Waals surface area contributed by atoms with Crippen molar-refractivity contribution < 1.29 is 9.13 Å². The fourth-order valence-electron chi connectivity index (χ4n) is 3.82. The summed E-state index contributed by atoms with van der Waals surface area (Å²) in [6.07, 6.45) is 0.0378. The predicted molar refractivity (Wildman–Crippen MR) is 109 cm³/mol. The minimum atomic E-state index is -0.171. The third-order valence-electron chi connectivity index (χ3n) is 5.27. The number of nitrogens with one attached hydrogen (secondary N) is 1. The van der Waals surface area contributed by atoms with Crippen LogP contribution < -0.4 is 10.2 Å². The Labute approximate surface area is 159 Å². The average molecular weight is 364 g/mol. The number of morpholine rings is 1. The van der Waals surface area contributed by atoms with Gasteiger partial charge in [-0.25, -0.2) is 4.39 Å². The molecular weight excluding hydrogens is 339 g/mol. The van der Waals surface area contributed by atoms with Gasteiger partial charge in [-0.3, -0.25) is 0 Å². The summed E-state index contributed by atoms with van der Waals surface area (Å²) in [5.74, 6) is -0.171. The van der Waals surface area contributed by atoms with E-state index in [4.69, 9.17) is 4.74 Å². The zero-order valence-corrected chi connectivity index (χ0v) is 15.6. The molecule has 0 amide bonds. The second kappa shape index (κ2) is 8.07. The lowest BCUT2D eigenvalue weighted by Crippen LogP contribution is -2.47. The number of fused-ring (bicyclic) bond motifs is 1. The fourth-order valence-corrected chi connectivity index (χ4v) is 3.82.